The average molecular weight is 276 g/mol. The van der Waals surface area contributed by atoms with Gasteiger partial charge in [-0.1, -0.05) is 6.92 Å². The predicted octanol–water partition coefficient (Wildman–Crippen LogP) is 0.314. The summed E-state index contributed by atoms with van der Waals surface area (Å²) >= 11 is 0. The zero-order chi connectivity index (χ0) is 13.8. The van der Waals surface area contributed by atoms with E-state index in [1.807, 2.05) is 0 Å². The van der Waals surface area contributed by atoms with E-state index in [9.17, 15) is 13.2 Å². The molecular formula is C12H24N2O3S. The molecule has 2 atom stereocenters. The van der Waals surface area contributed by atoms with Crippen molar-refractivity contribution >= 4 is 15.7 Å². The smallest absolute Gasteiger partial charge is 0.235 e. The molecule has 1 amide bonds. The van der Waals surface area contributed by atoms with E-state index in [2.05, 4.69) is 17.6 Å². The Morgan fingerprint density at radius 2 is 2.11 bits per heavy atom. The molecule has 5 nitrogen and oxygen atoms in total. The van der Waals surface area contributed by atoms with Gasteiger partial charge in [0.05, 0.1) is 5.25 Å². The topological polar surface area (TPSA) is 75.3 Å². The Morgan fingerprint density at radius 3 is 2.67 bits per heavy atom. The van der Waals surface area contributed by atoms with E-state index < -0.39 is 26.7 Å². The molecule has 1 saturated heterocycles. The summed E-state index contributed by atoms with van der Waals surface area (Å²) in [5.74, 6) is -0.296. The third-order valence-electron chi connectivity index (χ3n) is 3.50. The number of piperidine rings is 1. The lowest BCUT2D eigenvalue weighted by atomic mass is 9.93. The molecule has 6 heteroatoms. The van der Waals surface area contributed by atoms with Crippen molar-refractivity contribution in [2.75, 3.05) is 18.8 Å². The standard InChI is InChI=1S/C12H24N2O3S/c1-9(2)18(16,17)8-12(15)14-7-11-10(3)5-4-6-13-11/h9-11,13H,4-8H2,1-3H3,(H,14,15). The van der Waals surface area contributed by atoms with E-state index in [-0.39, 0.29) is 6.04 Å². The first-order valence-corrected chi connectivity index (χ1v) is 8.26. The van der Waals surface area contributed by atoms with Crippen molar-refractivity contribution in [1.82, 2.24) is 10.6 Å². The maximum absolute atomic E-state index is 11.6. The van der Waals surface area contributed by atoms with E-state index in [0.717, 1.165) is 19.4 Å². The first kappa shape index (κ1) is 15.4. The summed E-state index contributed by atoms with van der Waals surface area (Å²) in [6.07, 6.45) is 2.31. The largest absolute Gasteiger partial charge is 0.354 e. The van der Waals surface area contributed by atoms with E-state index in [0.29, 0.717) is 12.5 Å². The van der Waals surface area contributed by atoms with Gasteiger partial charge in [-0.2, -0.15) is 0 Å². The van der Waals surface area contributed by atoms with Gasteiger partial charge in [0.25, 0.3) is 0 Å². The van der Waals surface area contributed by atoms with Gasteiger partial charge in [-0.15, -0.1) is 0 Å². The van der Waals surface area contributed by atoms with Gasteiger partial charge in [-0.25, -0.2) is 8.42 Å². The second-order valence-corrected chi connectivity index (χ2v) is 7.90. The minimum absolute atomic E-state index is 0.254. The third-order valence-corrected chi connectivity index (χ3v) is 5.60. The number of hydrogen-bond acceptors (Lipinski definition) is 4. The van der Waals surface area contributed by atoms with Crippen molar-refractivity contribution in [3.8, 4) is 0 Å². The zero-order valence-corrected chi connectivity index (χ0v) is 12.2. The summed E-state index contributed by atoms with van der Waals surface area (Å²) < 4.78 is 23.2. The molecule has 0 aliphatic carbocycles. The lowest BCUT2D eigenvalue weighted by Gasteiger charge is -2.30. The number of carbonyl (C=O) groups excluding carboxylic acids is 1. The molecule has 1 fully saturated rings. The molecule has 1 heterocycles. The Bertz CT molecular complexity index is 379. The fraction of sp³-hybridized carbons (Fsp3) is 0.917. The summed E-state index contributed by atoms with van der Waals surface area (Å²) in [5, 5.41) is 5.55. The van der Waals surface area contributed by atoms with Crippen LogP contribution < -0.4 is 10.6 Å². The SMILES string of the molecule is CC1CCCNC1CNC(=O)CS(=O)(=O)C(C)C. The zero-order valence-electron chi connectivity index (χ0n) is 11.4. The molecule has 0 aromatic heterocycles. The molecule has 0 spiro atoms. The average Bonchev–Trinajstić information content (AvgIpc) is 2.27. The molecule has 0 aromatic rings. The van der Waals surface area contributed by atoms with Gasteiger partial charge in [0, 0.05) is 12.6 Å². The Hall–Kier alpha value is -0.620. The Morgan fingerprint density at radius 1 is 1.44 bits per heavy atom. The number of hydrogen-bond donors (Lipinski definition) is 2. The molecule has 106 valence electrons. The van der Waals surface area contributed by atoms with Gasteiger partial charge in [0.15, 0.2) is 9.84 Å². The second-order valence-electron chi connectivity index (χ2n) is 5.34. The minimum Gasteiger partial charge on any atom is -0.354 e. The molecule has 2 unspecified atom stereocenters. The highest BCUT2D eigenvalue weighted by Gasteiger charge is 2.23. The first-order chi connectivity index (χ1) is 8.33. The van der Waals surface area contributed by atoms with Crippen LogP contribution in [0.25, 0.3) is 0 Å². The number of amides is 1. The minimum atomic E-state index is -3.30. The molecular weight excluding hydrogens is 252 g/mol. The number of sulfone groups is 1. The van der Waals surface area contributed by atoms with Crippen molar-refractivity contribution in [1.29, 1.82) is 0 Å². The van der Waals surface area contributed by atoms with Crippen LogP contribution in [0.4, 0.5) is 0 Å². The number of rotatable bonds is 5. The van der Waals surface area contributed by atoms with Crippen LogP contribution in [-0.2, 0) is 14.6 Å². The van der Waals surface area contributed by atoms with Crippen LogP contribution in [0.15, 0.2) is 0 Å². The van der Waals surface area contributed by atoms with Gasteiger partial charge in [-0.3, -0.25) is 4.79 Å². The molecule has 1 aliphatic heterocycles. The Balaban J connectivity index is 2.37. The van der Waals surface area contributed by atoms with Crippen molar-refractivity contribution in [2.45, 2.75) is 44.9 Å². The molecule has 18 heavy (non-hydrogen) atoms. The lowest BCUT2D eigenvalue weighted by molar-refractivity contribution is -0.118. The van der Waals surface area contributed by atoms with Crippen LogP contribution >= 0.6 is 0 Å². The maximum Gasteiger partial charge on any atom is 0.235 e. The highest BCUT2D eigenvalue weighted by atomic mass is 32.2. The van der Waals surface area contributed by atoms with Gasteiger partial charge < -0.3 is 10.6 Å². The fourth-order valence-corrected chi connectivity index (χ4v) is 2.81. The monoisotopic (exact) mass is 276 g/mol. The molecule has 2 N–H and O–H groups in total. The summed E-state index contributed by atoms with van der Waals surface area (Å²) in [6.45, 7) is 6.80. The van der Waals surface area contributed by atoms with E-state index in [1.165, 1.54) is 0 Å². The molecule has 0 radical (unpaired) electrons. The molecule has 1 aliphatic rings. The first-order valence-electron chi connectivity index (χ1n) is 6.54. The van der Waals surface area contributed by atoms with Crippen LogP contribution in [0, 0.1) is 5.92 Å². The quantitative estimate of drug-likeness (QED) is 0.758. The number of carbonyl (C=O) groups is 1. The van der Waals surface area contributed by atoms with Crippen molar-refractivity contribution in [3.05, 3.63) is 0 Å². The van der Waals surface area contributed by atoms with Crippen LogP contribution in [0.2, 0.25) is 0 Å². The van der Waals surface area contributed by atoms with Gasteiger partial charge >= 0.3 is 0 Å². The second kappa shape index (κ2) is 6.52. The molecule has 1 rings (SSSR count). The van der Waals surface area contributed by atoms with E-state index in [4.69, 9.17) is 0 Å². The lowest BCUT2D eigenvalue weighted by Crippen LogP contribution is -2.48. The van der Waals surface area contributed by atoms with Gasteiger partial charge in [0.1, 0.15) is 5.75 Å². The highest BCUT2D eigenvalue weighted by molar-refractivity contribution is 7.92. The summed E-state index contributed by atoms with van der Waals surface area (Å²) in [6, 6.07) is 0.254. The van der Waals surface area contributed by atoms with Gasteiger partial charge in [0.2, 0.25) is 5.91 Å². The predicted molar refractivity (Wildman–Crippen MR) is 72.1 cm³/mol. The Kier molecular flexibility index (Phi) is 5.59. The summed E-state index contributed by atoms with van der Waals surface area (Å²) in [5.41, 5.74) is 0. The third kappa shape index (κ3) is 4.57. The van der Waals surface area contributed by atoms with Gasteiger partial charge in [-0.05, 0) is 39.2 Å². The van der Waals surface area contributed by atoms with Crippen LogP contribution in [0.5, 0.6) is 0 Å². The van der Waals surface area contributed by atoms with Crippen molar-refractivity contribution in [3.63, 3.8) is 0 Å². The fourth-order valence-electron chi connectivity index (χ4n) is 2.01. The molecule has 0 aromatic carbocycles. The van der Waals surface area contributed by atoms with E-state index in [1.54, 1.807) is 13.8 Å². The van der Waals surface area contributed by atoms with Crippen LogP contribution in [-0.4, -0.2) is 44.5 Å². The molecule has 0 bridgehead atoms. The highest BCUT2D eigenvalue weighted by Crippen LogP contribution is 2.14. The van der Waals surface area contributed by atoms with E-state index >= 15 is 0 Å². The molecule has 0 saturated carbocycles. The summed E-state index contributed by atoms with van der Waals surface area (Å²) in [4.78, 5) is 11.6. The van der Waals surface area contributed by atoms with Crippen molar-refractivity contribution < 1.29 is 13.2 Å². The summed E-state index contributed by atoms with van der Waals surface area (Å²) in [7, 11) is -3.30. The van der Waals surface area contributed by atoms with Crippen LogP contribution in [0.1, 0.15) is 33.6 Å². The number of nitrogens with one attached hydrogen (secondary N) is 2. The van der Waals surface area contributed by atoms with Crippen LogP contribution in [0.3, 0.4) is 0 Å². The van der Waals surface area contributed by atoms with Crippen molar-refractivity contribution in [2.24, 2.45) is 5.92 Å². The maximum atomic E-state index is 11.6. The Labute approximate surface area is 110 Å². The normalized spacial score (nSPS) is 25.1.